The number of allylic oxidation sites excluding steroid dienone is 3. The number of urea groups is 1. The van der Waals surface area contributed by atoms with E-state index >= 15 is 0 Å². The van der Waals surface area contributed by atoms with Crippen molar-refractivity contribution in [2.24, 2.45) is 0 Å². The Morgan fingerprint density at radius 3 is 1.93 bits per heavy atom. The SMILES string of the molecule is C=C/C=C(\C)CC.CC.CCC(=O)F.COc1ccc(CN2C(=O)CCN(c3ccc(N4CCN(C5CCNCC5)CC4)cc3)C2=O)cc1.O=[N+]([O-])c1ccc(F)cc1. The number of methoxy groups -OCH3 is 1. The number of non-ortho nitro benzene ring substituents is 1. The molecule has 3 aromatic rings. The second kappa shape index (κ2) is 27.3. The smallest absolute Gasteiger partial charge is 0.331 e. The summed E-state index contributed by atoms with van der Waals surface area (Å²) in [5, 5.41) is 13.4. The Morgan fingerprint density at radius 2 is 1.46 bits per heavy atom. The highest BCUT2D eigenvalue weighted by Gasteiger charge is 2.33. The summed E-state index contributed by atoms with van der Waals surface area (Å²) in [6.45, 7) is 20.4. The molecule has 3 aromatic carbocycles. The van der Waals surface area contributed by atoms with Crippen LogP contribution in [-0.2, 0) is 16.1 Å². The Hall–Kier alpha value is -5.47. The van der Waals surface area contributed by atoms with Crippen molar-refractivity contribution >= 4 is 35.0 Å². The largest absolute Gasteiger partial charge is 0.497 e. The van der Waals surface area contributed by atoms with Crippen molar-refractivity contribution in [2.45, 2.75) is 79.3 Å². The molecule has 3 heterocycles. The minimum atomic E-state index is -1.25. The van der Waals surface area contributed by atoms with Gasteiger partial charge in [-0.15, -0.1) is 0 Å². The summed E-state index contributed by atoms with van der Waals surface area (Å²) in [4.78, 5) is 52.5. The average Bonchev–Trinajstić information content (AvgIpc) is 3.27. The van der Waals surface area contributed by atoms with Crippen molar-refractivity contribution in [1.82, 2.24) is 15.1 Å². The van der Waals surface area contributed by atoms with Gasteiger partial charge < -0.3 is 15.0 Å². The summed E-state index contributed by atoms with van der Waals surface area (Å²) in [5.74, 6) is 0.148. The van der Waals surface area contributed by atoms with E-state index in [1.165, 1.54) is 35.9 Å². The van der Waals surface area contributed by atoms with Crippen molar-refractivity contribution in [1.29, 1.82) is 0 Å². The molecule has 0 bridgehead atoms. The summed E-state index contributed by atoms with van der Waals surface area (Å²) < 4.78 is 28.1. The van der Waals surface area contributed by atoms with Crippen molar-refractivity contribution in [2.75, 3.05) is 62.7 Å². The fourth-order valence-electron chi connectivity index (χ4n) is 6.24. The average molecular weight is 821 g/mol. The number of halogens is 2. The Kier molecular flexibility index (Phi) is 23.0. The van der Waals surface area contributed by atoms with Crippen LogP contribution in [0.15, 0.2) is 97.1 Å². The first-order valence-electron chi connectivity index (χ1n) is 20.3. The Morgan fingerprint density at radius 1 is 0.898 bits per heavy atom. The number of imide groups is 1. The maximum absolute atomic E-state index is 13.2. The van der Waals surface area contributed by atoms with Gasteiger partial charge in [0.1, 0.15) is 11.6 Å². The van der Waals surface area contributed by atoms with Crippen LogP contribution in [0.2, 0.25) is 0 Å². The highest BCUT2D eigenvalue weighted by Crippen LogP contribution is 2.27. The third-order valence-electron chi connectivity index (χ3n) is 9.75. The Labute approximate surface area is 348 Å². The fourth-order valence-corrected chi connectivity index (χ4v) is 6.24. The number of amides is 3. The van der Waals surface area contributed by atoms with Crippen LogP contribution >= 0.6 is 0 Å². The lowest BCUT2D eigenvalue weighted by Crippen LogP contribution is -2.53. The second-order valence-corrected chi connectivity index (χ2v) is 13.6. The molecular weight excluding hydrogens is 759 g/mol. The fraction of sp³-hybridized carbons (Fsp3) is 0.444. The van der Waals surface area contributed by atoms with Crippen LogP contribution in [0.3, 0.4) is 0 Å². The normalized spacial score (nSPS) is 15.8. The quantitative estimate of drug-likeness (QED) is 0.0922. The van der Waals surface area contributed by atoms with E-state index in [2.05, 4.69) is 47.7 Å². The number of nitrogens with zero attached hydrogens (tertiary/aromatic N) is 5. The molecule has 0 aliphatic carbocycles. The zero-order chi connectivity index (χ0) is 43.7. The molecule has 0 unspecified atom stereocenters. The monoisotopic (exact) mass is 820 g/mol. The summed E-state index contributed by atoms with van der Waals surface area (Å²) in [6.07, 6.45) is 7.79. The van der Waals surface area contributed by atoms with Gasteiger partial charge in [0.15, 0.2) is 0 Å². The van der Waals surface area contributed by atoms with Gasteiger partial charge in [-0.05, 0) is 93.4 Å². The number of anilines is 2. The lowest BCUT2D eigenvalue weighted by Gasteiger charge is -2.41. The van der Waals surface area contributed by atoms with Crippen molar-refractivity contribution in [3.63, 3.8) is 0 Å². The zero-order valence-electron chi connectivity index (χ0n) is 35.5. The van der Waals surface area contributed by atoms with Crippen LogP contribution < -0.4 is 19.9 Å². The summed E-state index contributed by atoms with van der Waals surface area (Å²) >= 11 is 0. The molecule has 59 heavy (non-hydrogen) atoms. The van der Waals surface area contributed by atoms with Crippen LogP contribution in [0.1, 0.15) is 72.3 Å². The van der Waals surface area contributed by atoms with Gasteiger partial charge in [0.05, 0.1) is 18.6 Å². The Balaban J connectivity index is 0.000000407. The number of nitrogens with one attached hydrogen (secondary N) is 1. The third kappa shape index (κ3) is 17.1. The minimum absolute atomic E-state index is 0. The van der Waals surface area contributed by atoms with Crippen LogP contribution in [0.25, 0.3) is 0 Å². The first kappa shape index (κ1) is 49.7. The van der Waals surface area contributed by atoms with E-state index in [1.807, 2.05) is 62.4 Å². The summed E-state index contributed by atoms with van der Waals surface area (Å²) in [7, 11) is 1.62. The van der Waals surface area contributed by atoms with E-state index in [4.69, 9.17) is 9.53 Å². The molecule has 3 fully saturated rings. The third-order valence-corrected chi connectivity index (χ3v) is 9.75. The van der Waals surface area contributed by atoms with Crippen molar-refractivity contribution in [3.8, 4) is 5.75 Å². The van der Waals surface area contributed by atoms with Crippen LogP contribution in [0.4, 0.5) is 30.6 Å². The van der Waals surface area contributed by atoms with Crippen molar-refractivity contribution < 1.29 is 32.8 Å². The van der Waals surface area contributed by atoms with E-state index < -0.39 is 16.8 Å². The van der Waals surface area contributed by atoms with Crippen LogP contribution in [-0.4, -0.2) is 91.7 Å². The number of carbonyl (C=O) groups excluding carboxylic acids is 3. The van der Waals surface area contributed by atoms with Crippen LogP contribution in [0, 0.1) is 15.9 Å². The highest BCUT2D eigenvalue weighted by molar-refractivity contribution is 6.05. The molecule has 6 rings (SSSR count). The van der Waals surface area contributed by atoms with E-state index in [1.54, 1.807) is 12.0 Å². The number of hydrogen-bond donors (Lipinski definition) is 1. The maximum Gasteiger partial charge on any atom is 0.331 e. The predicted molar refractivity (Wildman–Crippen MR) is 232 cm³/mol. The van der Waals surface area contributed by atoms with Gasteiger partial charge >= 0.3 is 12.1 Å². The maximum atomic E-state index is 13.2. The first-order chi connectivity index (χ1) is 28.4. The number of piperazine rings is 1. The molecule has 3 amide bonds. The number of carbonyl (C=O) groups is 3. The standard InChI is InChI=1S/C27H35N5O3.C7H12.C6H4FNO2.C3H5FO.C2H6/c1-35-25-8-2-21(3-9-25)20-32-26(33)12-15-31(27(32)34)24-6-4-22(5-7-24)29-16-18-30(19-17-29)23-10-13-28-14-11-23;1-4-6-7(3)5-2;7-5-1-3-6(4-2-5)8(9)10;1-2-3(4)5;1-2/h2-9,23,28H,10-20H2,1H3;4,6H,1,5H2,2-3H3;1-4H;2H2,1H3;1-2H3/b;7-6+;;;. The first-order valence-corrected chi connectivity index (χ1v) is 20.3. The van der Waals surface area contributed by atoms with Gasteiger partial charge in [0.2, 0.25) is 5.91 Å². The molecule has 3 aliphatic heterocycles. The zero-order valence-corrected chi connectivity index (χ0v) is 35.5. The molecule has 3 aliphatic rings. The molecule has 14 heteroatoms. The molecule has 1 N–H and O–H groups in total. The number of nitro benzene ring substituents is 1. The predicted octanol–water partition coefficient (Wildman–Crippen LogP) is 9.11. The van der Waals surface area contributed by atoms with Gasteiger partial charge in [-0.3, -0.25) is 34.4 Å². The summed E-state index contributed by atoms with van der Waals surface area (Å²) in [6, 6.07) is 19.2. The summed E-state index contributed by atoms with van der Waals surface area (Å²) in [5.41, 5.74) is 4.21. The molecule has 0 atom stereocenters. The van der Waals surface area contributed by atoms with E-state index in [0.29, 0.717) is 13.0 Å². The van der Waals surface area contributed by atoms with E-state index in [0.717, 1.165) is 93.0 Å². The molecule has 12 nitrogen and oxygen atoms in total. The van der Waals surface area contributed by atoms with Gasteiger partial charge in [-0.25, -0.2) is 9.18 Å². The van der Waals surface area contributed by atoms with Gasteiger partial charge in [-0.1, -0.05) is 64.1 Å². The Bertz CT molecular complexity index is 1760. The number of rotatable bonds is 10. The number of piperidine rings is 1. The lowest BCUT2D eigenvalue weighted by atomic mass is 10.0. The van der Waals surface area contributed by atoms with Gasteiger partial charge in [-0.2, -0.15) is 4.39 Å². The number of benzene rings is 3. The number of hydrogen-bond acceptors (Lipinski definition) is 9. The van der Waals surface area contributed by atoms with Gasteiger partial charge in [0.25, 0.3) is 5.69 Å². The minimum Gasteiger partial charge on any atom is -0.497 e. The molecule has 0 radical (unpaired) electrons. The second-order valence-electron chi connectivity index (χ2n) is 13.6. The number of nitro groups is 1. The van der Waals surface area contributed by atoms with Crippen LogP contribution in [0.5, 0.6) is 5.75 Å². The number of ether oxygens (including phenoxy) is 1. The highest BCUT2D eigenvalue weighted by atomic mass is 19.1. The molecule has 322 valence electrons. The molecule has 3 saturated heterocycles. The van der Waals surface area contributed by atoms with E-state index in [9.17, 15) is 28.5 Å². The topological polar surface area (TPSA) is 129 Å². The molecule has 0 aromatic heterocycles. The molecule has 0 spiro atoms. The molecular formula is C45H62F2N6O6. The van der Waals surface area contributed by atoms with Gasteiger partial charge in [0, 0.05) is 75.1 Å². The van der Waals surface area contributed by atoms with Crippen molar-refractivity contribution in [3.05, 3.63) is 119 Å². The van der Waals surface area contributed by atoms with E-state index in [-0.39, 0.29) is 30.6 Å². The lowest BCUT2D eigenvalue weighted by molar-refractivity contribution is -0.384. The molecule has 0 saturated carbocycles.